The van der Waals surface area contributed by atoms with Gasteiger partial charge in [-0.1, -0.05) is 52.0 Å². The third-order valence-corrected chi connectivity index (χ3v) is 6.24. The fraction of sp³-hybridized carbons (Fsp3) is 0.333. The Hall–Kier alpha value is -2.19. The number of aromatic nitrogens is 3. The van der Waals surface area contributed by atoms with E-state index in [0.717, 1.165) is 28.7 Å². The summed E-state index contributed by atoms with van der Waals surface area (Å²) in [6.45, 7) is 4.19. The van der Waals surface area contributed by atoms with Gasteiger partial charge in [-0.2, -0.15) is 0 Å². The molecule has 3 aromatic rings. The second-order valence-electron chi connectivity index (χ2n) is 6.43. The van der Waals surface area contributed by atoms with Crippen molar-refractivity contribution in [3.8, 4) is 0 Å². The molecule has 4 rings (SSSR count). The van der Waals surface area contributed by atoms with Crippen molar-refractivity contribution < 1.29 is 9.32 Å². The molecule has 26 heavy (non-hydrogen) atoms. The average molecular weight is 387 g/mol. The van der Waals surface area contributed by atoms with Gasteiger partial charge in [0, 0.05) is 17.7 Å². The first-order valence-corrected chi connectivity index (χ1v) is 10.2. The monoisotopic (exact) mass is 386 g/mol. The Balaban J connectivity index is 1.36. The molecule has 0 aliphatic heterocycles. The molecule has 1 saturated carbocycles. The molecular weight excluding hydrogens is 368 g/mol. The van der Waals surface area contributed by atoms with Gasteiger partial charge < -0.3 is 4.52 Å². The number of nitrogens with one attached hydrogen (secondary N) is 1. The van der Waals surface area contributed by atoms with Crippen LogP contribution in [0.3, 0.4) is 0 Å². The van der Waals surface area contributed by atoms with Crippen molar-refractivity contribution >= 4 is 34.1 Å². The number of benzene rings is 1. The fourth-order valence-electron chi connectivity index (χ4n) is 2.53. The molecule has 1 aromatic carbocycles. The second-order valence-corrected chi connectivity index (χ2v) is 8.63. The summed E-state index contributed by atoms with van der Waals surface area (Å²) in [6, 6.07) is 8.14. The summed E-state index contributed by atoms with van der Waals surface area (Å²) in [4.78, 5) is 12.2. The van der Waals surface area contributed by atoms with Gasteiger partial charge in [0.1, 0.15) is 5.76 Å². The maximum atomic E-state index is 12.2. The molecule has 0 bridgehead atoms. The van der Waals surface area contributed by atoms with Crippen molar-refractivity contribution in [2.45, 2.75) is 42.7 Å². The predicted molar refractivity (Wildman–Crippen MR) is 102 cm³/mol. The van der Waals surface area contributed by atoms with Crippen LogP contribution < -0.4 is 5.32 Å². The Bertz CT molecular complexity index is 946. The van der Waals surface area contributed by atoms with E-state index in [4.69, 9.17) is 4.52 Å². The number of carbonyl (C=O) groups excluding carboxylic acids is 1. The van der Waals surface area contributed by atoms with Crippen LogP contribution >= 0.6 is 23.1 Å². The van der Waals surface area contributed by atoms with Crippen LogP contribution in [0.25, 0.3) is 0 Å². The lowest BCUT2D eigenvalue weighted by molar-refractivity contribution is 0.101. The van der Waals surface area contributed by atoms with E-state index >= 15 is 0 Å². The Morgan fingerprint density at radius 2 is 2.15 bits per heavy atom. The number of rotatable bonds is 6. The van der Waals surface area contributed by atoms with Crippen LogP contribution in [0.1, 0.15) is 51.7 Å². The van der Waals surface area contributed by atoms with E-state index in [1.165, 1.54) is 28.0 Å². The highest BCUT2D eigenvalue weighted by molar-refractivity contribution is 8.00. The van der Waals surface area contributed by atoms with Crippen molar-refractivity contribution in [3.05, 3.63) is 52.4 Å². The van der Waals surface area contributed by atoms with Crippen LogP contribution in [0.15, 0.2) is 33.1 Å². The molecule has 0 atom stereocenters. The molecule has 0 spiro atoms. The Morgan fingerprint density at radius 1 is 1.31 bits per heavy atom. The van der Waals surface area contributed by atoms with Crippen LogP contribution in [-0.4, -0.2) is 21.3 Å². The number of hydrogen-bond acceptors (Lipinski definition) is 7. The molecule has 2 aromatic heterocycles. The number of thioether (sulfide) groups is 1. The molecule has 0 radical (unpaired) electrons. The number of hydrogen-bond donors (Lipinski definition) is 1. The third-order valence-electron chi connectivity index (χ3n) is 4.22. The zero-order chi connectivity index (χ0) is 18.1. The number of amides is 1. The molecule has 8 heteroatoms. The van der Waals surface area contributed by atoms with E-state index in [-0.39, 0.29) is 11.6 Å². The Labute approximate surface area is 159 Å². The first kappa shape index (κ1) is 17.2. The summed E-state index contributed by atoms with van der Waals surface area (Å²) in [5.74, 6) is 1.73. The predicted octanol–water partition coefficient (Wildman–Crippen LogP) is 4.56. The molecule has 1 aliphatic rings. The van der Waals surface area contributed by atoms with Gasteiger partial charge in [0.05, 0.1) is 0 Å². The van der Waals surface area contributed by atoms with Gasteiger partial charge >= 0.3 is 0 Å². The third kappa shape index (κ3) is 3.96. The van der Waals surface area contributed by atoms with Crippen molar-refractivity contribution in [1.82, 2.24) is 15.4 Å². The zero-order valence-electron chi connectivity index (χ0n) is 14.5. The summed E-state index contributed by atoms with van der Waals surface area (Å²) in [5, 5.41) is 15.2. The summed E-state index contributed by atoms with van der Waals surface area (Å²) in [7, 11) is 0. The lowest BCUT2D eigenvalue weighted by Gasteiger charge is -2.05. The molecule has 1 fully saturated rings. The first-order chi connectivity index (χ1) is 12.6. The van der Waals surface area contributed by atoms with E-state index in [1.807, 2.05) is 0 Å². The smallest absolute Gasteiger partial charge is 0.279 e. The largest absolute Gasteiger partial charge is 0.360 e. The zero-order valence-corrected chi connectivity index (χ0v) is 16.1. The van der Waals surface area contributed by atoms with Crippen LogP contribution in [0.2, 0.25) is 0 Å². The maximum absolute atomic E-state index is 12.2. The number of anilines is 1. The van der Waals surface area contributed by atoms with Crippen molar-refractivity contribution in [3.63, 3.8) is 0 Å². The summed E-state index contributed by atoms with van der Waals surface area (Å²) >= 11 is 2.98. The molecule has 0 unspecified atom stereocenters. The van der Waals surface area contributed by atoms with Gasteiger partial charge in [-0.3, -0.25) is 10.1 Å². The quantitative estimate of drug-likeness (QED) is 0.494. The molecule has 2 heterocycles. The summed E-state index contributed by atoms with van der Waals surface area (Å²) < 4.78 is 6.03. The Morgan fingerprint density at radius 3 is 2.96 bits per heavy atom. The fourth-order valence-corrected chi connectivity index (χ4v) is 4.34. The van der Waals surface area contributed by atoms with E-state index in [0.29, 0.717) is 11.0 Å². The van der Waals surface area contributed by atoms with Gasteiger partial charge in [-0.25, -0.2) is 0 Å². The highest BCUT2D eigenvalue weighted by atomic mass is 32.2. The topological polar surface area (TPSA) is 80.9 Å². The normalized spacial score (nSPS) is 13.8. The van der Waals surface area contributed by atoms with Crippen molar-refractivity contribution in [1.29, 1.82) is 0 Å². The minimum Gasteiger partial charge on any atom is -0.360 e. The maximum Gasteiger partial charge on any atom is 0.279 e. The van der Waals surface area contributed by atoms with E-state index in [9.17, 15) is 4.79 Å². The number of carbonyl (C=O) groups is 1. The molecule has 0 saturated heterocycles. The number of nitrogens with zero attached hydrogens (tertiary/aromatic N) is 3. The van der Waals surface area contributed by atoms with E-state index in [1.54, 1.807) is 17.8 Å². The van der Waals surface area contributed by atoms with Gasteiger partial charge in [-0.15, -0.1) is 10.2 Å². The number of aryl methyl sites for hydroxylation is 2. The lowest BCUT2D eigenvalue weighted by Crippen LogP contribution is -2.11. The van der Waals surface area contributed by atoms with Crippen LogP contribution in [0, 0.1) is 13.8 Å². The summed E-state index contributed by atoms with van der Waals surface area (Å²) in [5.41, 5.74) is 4.07. The van der Waals surface area contributed by atoms with E-state index in [2.05, 4.69) is 52.7 Å². The van der Waals surface area contributed by atoms with Crippen molar-refractivity contribution in [2.24, 2.45) is 0 Å². The SMILES string of the molecule is Cc1ccc(C)c(CSc2nnc(NC(=O)c3cc(C4CC4)on3)s2)c1. The highest BCUT2D eigenvalue weighted by Crippen LogP contribution is 2.40. The highest BCUT2D eigenvalue weighted by Gasteiger charge is 2.29. The molecular formula is C18H18N4O2S2. The van der Waals surface area contributed by atoms with Crippen LogP contribution in [0.5, 0.6) is 0 Å². The van der Waals surface area contributed by atoms with Gasteiger partial charge in [0.25, 0.3) is 5.91 Å². The van der Waals surface area contributed by atoms with Crippen LogP contribution in [0.4, 0.5) is 5.13 Å². The molecule has 1 aliphatic carbocycles. The van der Waals surface area contributed by atoms with Gasteiger partial charge in [0.15, 0.2) is 10.0 Å². The Kier molecular flexibility index (Phi) is 4.78. The molecule has 1 amide bonds. The molecule has 1 N–H and O–H groups in total. The summed E-state index contributed by atoms with van der Waals surface area (Å²) in [6.07, 6.45) is 2.21. The minimum absolute atomic E-state index is 0.284. The van der Waals surface area contributed by atoms with E-state index < -0.39 is 0 Å². The lowest BCUT2D eigenvalue weighted by atomic mass is 10.1. The standard InChI is InChI=1S/C18H18N4O2S2/c1-10-3-4-11(2)13(7-10)9-25-18-21-20-17(26-18)19-16(23)14-8-15(24-22-14)12-5-6-12/h3-4,7-8,12H,5-6,9H2,1-2H3,(H,19,20,23). The first-order valence-electron chi connectivity index (χ1n) is 8.39. The molecule has 134 valence electrons. The molecule has 6 nitrogen and oxygen atoms in total. The van der Waals surface area contributed by atoms with Crippen molar-refractivity contribution in [2.75, 3.05) is 5.32 Å². The van der Waals surface area contributed by atoms with Gasteiger partial charge in [-0.05, 0) is 37.8 Å². The van der Waals surface area contributed by atoms with Gasteiger partial charge in [0.2, 0.25) is 5.13 Å². The average Bonchev–Trinajstić information content (AvgIpc) is 3.17. The second kappa shape index (κ2) is 7.20. The van der Waals surface area contributed by atoms with Crippen LogP contribution in [-0.2, 0) is 5.75 Å². The minimum atomic E-state index is -0.317.